The molecule has 12 nitrogen and oxygen atoms in total. The van der Waals surface area contributed by atoms with Crippen molar-refractivity contribution in [1.29, 1.82) is 0 Å². The number of ether oxygens (including phenoxy) is 1. The summed E-state index contributed by atoms with van der Waals surface area (Å²) >= 11 is 1.32. The number of amides is 2. The SMILES string of the molecule is CC(C)(C)OC(=O)N1CC2(C1)CN(c1ccc(-c3ccc4nn(C(C(=O)Nc5nccs5)c5ncn6c5CCC6)cc4c3F)cn1)C2. The van der Waals surface area contributed by atoms with Gasteiger partial charge in [0.1, 0.15) is 17.2 Å². The second-order valence-corrected chi connectivity index (χ2v) is 14.6. The quantitative estimate of drug-likeness (QED) is 0.268. The van der Waals surface area contributed by atoms with E-state index < -0.39 is 17.5 Å². The van der Waals surface area contributed by atoms with Gasteiger partial charge in [0.15, 0.2) is 11.2 Å². The zero-order chi connectivity index (χ0) is 32.5. The molecule has 0 bridgehead atoms. The average molecular weight is 656 g/mol. The van der Waals surface area contributed by atoms with E-state index in [1.165, 1.54) is 16.0 Å². The van der Waals surface area contributed by atoms with Crippen LogP contribution >= 0.6 is 11.3 Å². The molecule has 1 atom stereocenters. The molecule has 0 radical (unpaired) electrons. The van der Waals surface area contributed by atoms with Gasteiger partial charge in [0, 0.05) is 78.9 Å². The van der Waals surface area contributed by atoms with Gasteiger partial charge in [0.2, 0.25) is 0 Å². The molecule has 2 amide bonds. The monoisotopic (exact) mass is 655 g/mol. The Labute approximate surface area is 274 Å². The first kappa shape index (κ1) is 29.5. The standard InChI is InChI=1S/C33H34FN9O3S/c1-32(2,3)46-31(45)42-17-33(18-42)15-41(16-33)25-9-6-20(13-36-25)21-7-8-23-22(26(21)34)14-43(39-23)28(29(44)38-30-35-10-12-47-30)27-24-5-4-11-40(24)19-37-27/h6-10,12-14,19,28H,4-5,11,15-18H2,1-3H3,(H,35,38,44). The highest BCUT2D eigenvalue weighted by Crippen LogP contribution is 2.42. The van der Waals surface area contributed by atoms with E-state index in [4.69, 9.17) is 4.74 Å². The maximum Gasteiger partial charge on any atom is 0.410 e. The second-order valence-electron chi connectivity index (χ2n) is 13.7. The molecule has 1 aromatic carbocycles. The molecule has 242 valence electrons. The summed E-state index contributed by atoms with van der Waals surface area (Å²) in [6.07, 6.45) is 8.16. The summed E-state index contributed by atoms with van der Waals surface area (Å²) in [6, 6.07) is 6.34. The van der Waals surface area contributed by atoms with Gasteiger partial charge in [-0.1, -0.05) is 0 Å². The number of hydrogen-bond acceptors (Lipinski definition) is 9. The van der Waals surface area contributed by atoms with Crippen molar-refractivity contribution in [3.05, 3.63) is 71.8 Å². The third-order valence-electron chi connectivity index (χ3n) is 9.01. The van der Waals surface area contributed by atoms with E-state index in [0.717, 1.165) is 44.0 Å². The number of carbonyl (C=O) groups excluding carboxylic acids is 2. The Hall–Kier alpha value is -4.85. The Morgan fingerprint density at radius 3 is 2.64 bits per heavy atom. The Balaban J connectivity index is 1.01. The largest absolute Gasteiger partial charge is 0.444 e. The van der Waals surface area contributed by atoms with E-state index >= 15 is 4.39 Å². The van der Waals surface area contributed by atoms with Gasteiger partial charge in [-0.15, -0.1) is 11.3 Å². The number of aromatic nitrogens is 6. The number of halogens is 1. The molecule has 0 aliphatic carbocycles. The lowest BCUT2D eigenvalue weighted by atomic mass is 9.73. The Morgan fingerprint density at radius 1 is 1.09 bits per heavy atom. The first-order valence-electron chi connectivity index (χ1n) is 15.7. The average Bonchev–Trinajstić information content (AvgIpc) is 3.78. The third kappa shape index (κ3) is 5.29. The van der Waals surface area contributed by atoms with E-state index in [-0.39, 0.29) is 17.4 Å². The van der Waals surface area contributed by atoms with Crippen LogP contribution in [0.25, 0.3) is 22.0 Å². The fourth-order valence-corrected chi connectivity index (χ4v) is 7.40. The van der Waals surface area contributed by atoms with Crippen molar-refractivity contribution >= 4 is 45.2 Å². The summed E-state index contributed by atoms with van der Waals surface area (Å²) in [5, 5.41) is 10.1. The van der Waals surface area contributed by atoms with E-state index in [0.29, 0.717) is 45.9 Å². The number of fused-ring (bicyclic) bond motifs is 2. The van der Waals surface area contributed by atoms with Crippen molar-refractivity contribution in [2.45, 2.75) is 51.8 Å². The summed E-state index contributed by atoms with van der Waals surface area (Å²) in [6.45, 7) is 9.40. The molecule has 4 aromatic heterocycles. The van der Waals surface area contributed by atoms with Gasteiger partial charge >= 0.3 is 6.09 Å². The summed E-state index contributed by atoms with van der Waals surface area (Å²) in [5.74, 6) is 0.0388. The minimum absolute atomic E-state index is 0.0697. The summed E-state index contributed by atoms with van der Waals surface area (Å²) in [7, 11) is 0. The van der Waals surface area contributed by atoms with Crippen molar-refractivity contribution in [2.24, 2.45) is 5.41 Å². The second kappa shape index (κ2) is 10.9. The minimum atomic E-state index is -0.892. The van der Waals surface area contributed by atoms with E-state index in [2.05, 4.69) is 34.8 Å². The van der Waals surface area contributed by atoms with Crippen LogP contribution in [-0.4, -0.2) is 78.0 Å². The number of likely N-dealkylation sites (tertiary alicyclic amines) is 1. The molecule has 3 aliphatic rings. The number of imidazole rings is 1. The van der Waals surface area contributed by atoms with Crippen LogP contribution in [0.2, 0.25) is 0 Å². The van der Waals surface area contributed by atoms with E-state index in [1.54, 1.807) is 47.3 Å². The van der Waals surface area contributed by atoms with Crippen LogP contribution in [0.15, 0.2) is 54.6 Å². The van der Waals surface area contributed by atoms with Gasteiger partial charge in [0.05, 0.1) is 22.9 Å². The van der Waals surface area contributed by atoms with E-state index in [9.17, 15) is 9.59 Å². The molecule has 8 rings (SSSR count). The number of benzene rings is 1. The van der Waals surface area contributed by atoms with Gasteiger partial charge in [-0.2, -0.15) is 5.10 Å². The number of hydrogen-bond donors (Lipinski definition) is 1. The van der Waals surface area contributed by atoms with Crippen LogP contribution in [0.5, 0.6) is 0 Å². The van der Waals surface area contributed by atoms with Crippen molar-refractivity contribution in [3.63, 3.8) is 0 Å². The van der Waals surface area contributed by atoms with Crippen LogP contribution < -0.4 is 10.2 Å². The Bertz CT molecular complexity index is 1980. The van der Waals surface area contributed by atoms with Crippen molar-refractivity contribution in [2.75, 3.05) is 36.4 Å². The fourth-order valence-electron chi connectivity index (χ4n) is 6.87. The molecular formula is C33H34FN9O3S. The lowest BCUT2D eigenvalue weighted by Gasteiger charge is -2.60. The third-order valence-corrected chi connectivity index (χ3v) is 9.70. The number of thiazole rings is 1. The molecule has 2 fully saturated rings. The molecule has 5 aromatic rings. The number of pyridine rings is 1. The summed E-state index contributed by atoms with van der Waals surface area (Å²) in [4.78, 5) is 43.3. The zero-order valence-corrected chi connectivity index (χ0v) is 27.1. The molecule has 14 heteroatoms. The van der Waals surface area contributed by atoms with Crippen LogP contribution in [0.1, 0.15) is 44.6 Å². The van der Waals surface area contributed by atoms with Gasteiger partial charge in [-0.3, -0.25) is 14.8 Å². The Morgan fingerprint density at radius 2 is 1.91 bits per heavy atom. The number of anilines is 2. The predicted molar refractivity (Wildman–Crippen MR) is 175 cm³/mol. The van der Waals surface area contributed by atoms with Gasteiger partial charge in [0.25, 0.3) is 5.91 Å². The van der Waals surface area contributed by atoms with Crippen LogP contribution in [-0.2, 0) is 22.5 Å². The first-order valence-corrected chi connectivity index (χ1v) is 16.5. The van der Waals surface area contributed by atoms with Crippen molar-refractivity contribution < 1.29 is 18.7 Å². The van der Waals surface area contributed by atoms with Crippen molar-refractivity contribution in [1.82, 2.24) is 34.2 Å². The maximum absolute atomic E-state index is 16.1. The normalized spacial score (nSPS) is 17.4. The van der Waals surface area contributed by atoms with Crippen LogP contribution in [0.4, 0.5) is 20.1 Å². The van der Waals surface area contributed by atoms with Gasteiger partial charge in [-0.05, 0) is 57.9 Å². The summed E-state index contributed by atoms with van der Waals surface area (Å²) in [5.41, 5.74) is 2.63. The first-order chi connectivity index (χ1) is 22.6. The smallest absolute Gasteiger partial charge is 0.410 e. The number of rotatable bonds is 6. The molecule has 1 spiro atoms. The highest BCUT2D eigenvalue weighted by atomic mass is 32.1. The van der Waals surface area contributed by atoms with Crippen LogP contribution in [0, 0.1) is 11.2 Å². The molecular weight excluding hydrogens is 621 g/mol. The minimum Gasteiger partial charge on any atom is -0.444 e. The maximum atomic E-state index is 16.1. The fraction of sp³-hybridized carbons (Fsp3) is 0.394. The topological polar surface area (TPSA) is 123 Å². The molecule has 1 N–H and O–H groups in total. The highest BCUT2D eigenvalue weighted by Gasteiger charge is 2.54. The molecule has 0 saturated carbocycles. The predicted octanol–water partition coefficient (Wildman–Crippen LogP) is 5.12. The van der Waals surface area contributed by atoms with Crippen molar-refractivity contribution in [3.8, 4) is 11.1 Å². The lowest BCUT2D eigenvalue weighted by molar-refractivity contribution is -0.118. The number of nitrogens with zero attached hydrogens (tertiary/aromatic N) is 8. The number of carbonyl (C=O) groups is 2. The molecule has 1 unspecified atom stereocenters. The van der Waals surface area contributed by atoms with Gasteiger partial charge in [-0.25, -0.2) is 24.1 Å². The lowest BCUT2D eigenvalue weighted by Crippen LogP contribution is -2.73. The zero-order valence-electron chi connectivity index (χ0n) is 26.3. The molecule has 47 heavy (non-hydrogen) atoms. The highest BCUT2D eigenvalue weighted by molar-refractivity contribution is 7.13. The van der Waals surface area contributed by atoms with Gasteiger partial charge < -0.3 is 19.1 Å². The van der Waals surface area contributed by atoms with E-state index in [1.807, 2.05) is 32.9 Å². The van der Waals surface area contributed by atoms with Crippen LogP contribution in [0.3, 0.4) is 0 Å². The molecule has 7 heterocycles. The number of aryl methyl sites for hydroxylation is 1. The molecule has 3 aliphatic heterocycles. The Kier molecular flexibility index (Phi) is 6.83. The number of nitrogens with one attached hydrogen (secondary N) is 1. The summed E-state index contributed by atoms with van der Waals surface area (Å²) < 4.78 is 25.2. The molecule has 2 saturated heterocycles.